The number of Topliss-reactive ketones (excluding diaryl/α,β-unsaturated/α-hetero) is 1. The van der Waals surface area contributed by atoms with E-state index < -0.39 is 18.4 Å². The highest BCUT2D eigenvalue weighted by atomic mass is 19.1. The van der Waals surface area contributed by atoms with Crippen LogP contribution in [0.2, 0.25) is 0 Å². The molecule has 0 saturated heterocycles. The maximum Gasteiger partial charge on any atom is 0.306 e. The molecular formula is C24H20FN5O4. The lowest BCUT2D eigenvalue weighted by molar-refractivity contribution is -0.147. The molecule has 3 aromatic rings. The quantitative estimate of drug-likeness (QED) is 0.297. The summed E-state index contributed by atoms with van der Waals surface area (Å²) in [5.74, 6) is -0.731. The third-order valence-electron chi connectivity index (χ3n) is 5.33. The summed E-state index contributed by atoms with van der Waals surface area (Å²) in [4.78, 5) is 32.5. The molecule has 0 amide bonds. The van der Waals surface area contributed by atoms with Crippen LogP contribution in [0.15, 0.2) is 64.4 Å². The summed E-state index contributed by atoms with van der Waals surface area (Å²) in [5.41, 5.74) is 2.19. The molecule has 10 heteroatoms. The highest BCUT2D eigenvalue weighted by molar-refractivity contribution is 6.03. The van der Waals surface area contributed by atoms with Gasteiger partial charge in [0.1, 0.15) is 23.3 Å². The van der Waals surface area contributed by atoms with Crippen LogP contribution in [0, 0.1) is 17.1 Å². The number of aromatic nitrogens is 2. The first-order chi connectivity index (χ1) is 16.4. The fraction of sp³-hybridized carbons (Fsp3) is 0.208. The molecule has 0 aliphatic carbocycles. The molecule has 2 aromatic carbocycles. The van der Waals surface area contributed by atoms with Gasteiger partial charge in [-0.15, -0.1) is 0 Å². The number of carbonyl (C=O) groups excluding carboxylic acids is 2. The second kappa shape index (κ2) is 9.54. The van der Waals surface area contributed by atoms with Gasteiger partial charge in [-0.1, -0.05) is 17.3 Å². The Balaban J connectivity index is 1.34. The van der Waals surface area contributed by atoms with Gasteiger partial charge in [-0.05, 0) is 36.4 Å². The van der Waals surface area contributed by atoms with Crippen LogP contribution in [-0.4, -0.2) is 42.6 Å². The SMILES string of the molecule is CN1C(=C(C#N)C(=O)COC(=O)CCc2nc(-c3ccc(F)cc3)no2)N(C)c2ccccc21. The fourth-order valence-electron chi connectivity index (χ4n) is 3.63. The monoisotopic (exact) mass is 461 g/mol. The van der Waals surface area contributed by atoms with Gasteiger partial charge in [0, 0.05) is 26.1 Å². The minimum Gasteiger partial charge on any atom is -0.457 e. The average Bonchev–Trinajstić information content (AvgIpc) is 3.42. The molecule has 0 radical (unpaired) electrons. The zero-order valence-corrected chi connectivity index (χ0v) is 18.5. The molecular weight excluding hydrogens is 441 g/mol. The summed E-state index contributed by atoms with van der Waals surface area (Å²) >= 11 is 0. The van der Waals surface area contributed by atoms with Gasteiger partial charge in [-0.3, -0.25) is 9.59 Å². The highest BCUT2D eigenvalue weighted by Gasteiger charge is 2.31. The topological polar surface area (TPSA) is 113 Å². The Labute approximate surface area is 194 Å². The molecule has 4 rings (SSSR count). The van der Waals surface area contributed by atoms with Crippen LogP contribution >= 0.6 is 0 Å². The Morgan fingerprint density at radius 2 is 1.74 bits per heavy atom. The number of ketones is 1. The number of hydrogen-bond donors (Lipinski definition) is 0. The molecule has 1 aromatic heterocycles. The smallest absolute Gasteiger partial charge is 0.306 e. The summed E-state index contributed by atoms with van der Waals surface area (Å²) in [5, 5.41) is 13.4. The molecule has 9 nitrogen and oxygen atoms in total. The van der Waals surface area contributed by atoms with Crippen molar-refractivity contribution in [1.29, 1.82) is 5.26 Å². The van der Waals surface area contributed by atoms with Crippen LogP contribution in [0.25, 0.3) is 11.4 Å². The molecule has 0 saturated carbocycles. The number of ether oxygens (including phenoxy) is 1. The van der Waals surface area contributed by atoms with Crippen molar-refractivity contribution in [3.8, 4) is 17.5 Å². The summed E-state index contributed by atoms with van der Waals surface area (Å²) in [7, 11) is 3.53. The van der Waals surface area contributed by atoms with Crippen LogP contribution in [-0.2, 0) is 20.7 Å². The van der Waals surface area contributed by atoms with E-state index in [9.17, 15) is 19.2 Å². The first-order valence-electron chi connectivity index (χ1n) is 10.4. The van der Waals surface area contributed by atoms with Gasteiger partial charge >= 0.3 is 5.97 Å². The molecule has 1 aliphatic heterocycles. The summed E-state index contributed by atoms with van der Waals surface area (Å²) < 4.78 is 23.2. The second-order valence-electron chi connectivity index (χ2n) is 7.52. The Bertz CT molecular complexity index is 1280. The van der Waals surface area contributed by atoms with Crippen molar-refractivity contribution >= 4 is 23.1 Å². The number of para-hydroxylation sites is 2. The minimum atomic E-state index is -0.645. The maximum atomic E-state index is 13.0. The molecule has 1 aliphatic rings. The summed E-state index contributed by atoms with van der Waals surface area (Å²) in [6.45, 7) is -0.562. The number of fused-ring (bicyclic) bond motifs is 1. The van der Waals surface area contributed by atoms with E-state index in [0.717, 1.165) is 11.4 Å². The van der Waals surface area contributed by atoms with Crippen LogP contribution in [0.1, 0.15) is 12.3 Å². The van der Waals surface area contributed by atoms with Crippen molar-refractivity contribution in [2.45, 2.75) is 12.8 Å². The van der Waals surface area contributed by atoms with Crippen LogP contribution in [0.5, 0.6) is 0 Å². The van der Waals surface area contributed by atoms with E-state index >= 15 is 0 Å². The molecule has 172 valence electrons. The molecule has 0 fully saturated rings. The largest absolute Gasteiger partial charge is 0.457 e. The van der Waals surface area contributed by atoms with E-state index in [2.05, 4.69) is 10.1 Å². The van der Waals surface area contributed by atoms with E-state index in [-0.39, 0.29) is 35.9 Å². The second-order valence-corrected chi connectivity index (χ2v) is 7.52. The zero-order chi connectivity index (χ0) is 24.2. The molecule has 0 atom stereocenters. The Morgan fingerprint density at radius 1 is 1.09 bits per heavy atom. The lowest BCUT2D eigenvalue weighted by Crippen LogP contribution is -2.27. The Hall–Kier alpha value is -4.52. The molecule has 0 N–H and O–H groups in total. The number of rotatable bonds is 7. The van der Waals surface area contributed by atoms with E-state index in [1.165, 1.54) is 24.3 Å². The van der Waals surface area contributed by atoms with Crippen molar-refractivity contribution in [2.75, 3.05) is 30.5 Å². The third-order valence-corrected chi connectivity index (χ3v) is 5.33. The number of aryl methyl sites for hydroxylation is 1. The van der Waals surface area contributed by atoms with Gasteiger partial charge in [0.2, 0.25) is 17.5 Å². The number of esters is 1. The van der Waals surface area contributed by atoms with E-state index in [4.69, 9.17) is 9.26 Å². The van der Waals surface area contributed by atoms with Crippen molar-refractivity contribution in [3.63, 3.8) is 0 Å². The number of benzene rings is 2. The first-order valence-corrected chi connectivity index (χ1v) is 10.4. The molecule has 34 heavy (non-hydrogen) atoms. The number of carbonyl (C=O) groups is 2. The van der Waals surface area contributed by atoms with Crippen LogP contribution in [0.3, 0.4) is 0 Å². The average molecular weight is 461 g/mol. The number of anilines is 2. The lowest BCUT2D eigenvalue weighted by Gasteiger charge is -2.19. The Kier molecular flexibility index (Phi) is 6.36. The fourth-order valence-corrected chi connectivity index (χ4v) is 3.63. The van der Waals surface area contributed by atoms with Crippen molar-refractivity contribution < 1.29 is 23.2 Å². The number of hydrogen-bond acceptors (Lipinski definition) is 9. The van der Waals surface area contributed by atoms with Crippen molar-refractivity contribution in [3.05, 3.63) is 71.6 Å². The summed E-state index contributed by atoms with van der Waals surface area (Å²) in [6.07, 6.45) is 0.0102. The molecule has 0 unspecified atom stereocenters. The standard InChI is InChI=1S/C24H20FN5O4/c1-29-18-5-3-4-6-19(18)30(2)24(29)17(13-26)20(31)14-33-22(32)12-11-21-27-23(28-34-21)15-7-9-16(25)10-8-15/h3-10H,11-12,14H2,1-2H3. The van der Waals surface area contributed by atoms with Gasteiger partial charge in [0.05, 0.1) is 17.8 Å². The Morgan fingerprint density at radius 3 is 2.35 bits per heavy atom. The highest BCUT2D eigenvalue weighted by Crippen LogP contribution is 2.40. The number of nitriles is 1. The van der Waals surface area contributed by atoms with E-state index in [1.807, 2.05) is 30.3 Å². The summed E-state index contributed by atoms with van der Waals surface area (Å²) in [6, 6.07) is 15.0. The molecule has 2 heterocycles. The lowest BCUT2D eigenvalue weighted by atomic mass is 10.2. The van der Waals surface area contributed by atoms with E-state index in [1.54, 1.807) is 23.9 Å². The van der Waals surface area contributed by atoms with Crippen LogP contribution in [0.4, 0.5) is 15.8 Å². The predicted octanol–water partition coefficient (Wildman–Crippen LogP) is 3.24. The first kappa shape index (κ1) is 22.7. The van der Waals surface area contributed by atoms with Gasteiger partial charge in [-0.2, -0.15) is 10.2 Å². The number of halogens is 1. The maximum absolute atomic E-state index is 13.0. The van der Waals surface area contributed by atoms with Gasteiger partial charge in [0.15, 0.2) is 6.61 Å². The molecule has 0 bridgehead atoms. The van der Waals surface area contributed by atoms with Crippen LogP contribution < -0.4 is 9.80 Å². The van der Waals surface area contributed by atoms with Crippen molar-refractivity contribution in [2.24, 2.45) is 0 Å². The number of nitrogens with zero attached hydrogens (tertiary/aromatic N) is 5. The van der Waals surface area contributed by atoms with Gasteiger partial charge < -0.3 is 19.1 Å². The zero-order valence-electron chi connectivity index (χ0n) is 18.5. The van der Waals surface area contributed by atoms with Gasteiger partial charge in [0.25, 0.3) is 0 Å². The van der Waals surface area contributed by atoms with Gasteiger partial charge in [-0.25, -0.2) is 4.39 Å². The van der Waals surface area contributed by atoms with E-state index in [0.29, 0.717) is 11.4 Å². The van der Waals surface area contributed by atoms with Crippen molar-refractivity contribution in [1.82, 2.24) is 10.1 Å². The normalized spacial score (nSPS) is 12.4. The third kappa shape index (κ3) is 4.49. The molecule has 0 spiro atoms. The predicted molar refractivity (Wildman–Crippen MR) is 120 cm³/mol. The minimum absolute atomic E-state index is 0.0952.